The molecule has 7 rings (SSSR count). The van der Waals surface area contributed by atoms with Crippen LogP contribution in [0.5, 0.6) is 11.5 Å². The molecule has 1 N–H and O–H groups in total. The van der Waals surface area contributed by atoms with Crippen LogP contribution in [0.4, 0.5) is 5.69 Å². The summed E-state index contributed by atoms with van der Waals surface area (Å²) in [5, 5.41) is 10.1. The molecular weight excluding hydrogens is 518 g/mol. The van der Waals surface area contributed by atoms with Gasteiger partial charge in [-0.25, -0.2) is 0 Å². The Balaban J connectivity index is 1.32. The fraction of sp³-hybridized carbons (Fsp3) is 0.235. The second-order valence-corrected chi connectivity index (χ2v) is 11.3. The maximum absolute atomic E-state index is 14.0. The number of Topliss-reactive ketones (excluding diaryl/α,β-unsaturated/α-hetero) is 1. The zero-order chi connectivity index (χ0) is 28.6. The van der Waals surface area contributed by atoms with Gasteiger partial charge in [-0.3, -0.25) is 24.1 Å². The van der Waals surface area contributed by atoms with Crippen molar-refractivity contribution in [1.82, 2.24) is 0 Å². The first-order valence-electron chi connectivity index (χ1n) is 13.7. The summed E-state index contributed by atoms with van der Waals surface area (Å²) in [6.45, 7) is 5.41. The summed E-state index contributed by atoms with van der Waals surface area (Å²) < 4.78 is 5.94. The maximum Gasteiger partial charge on any atom is 0.238 e. The van der Waals surface area contributed by atoms with Crippen LogP contribution in [0.25, 0.3) is 6.08 Å². The lowest BCUT2D eigenvalue weighted by Gasteiger charge is -2.43. The Morgan fingerprint density at radius 1 is 1.02 bits per heavy atom. The van der Waals surface area contributed by atoms with Gasteiger partial charge < -0.3 is 9.84 Å². The minimum atomic E-state index is -0.644. The van der Waals surface area contributed by atoms with Gasteiger partial charge in [0.05, 0.1) is 23.8 Å². The van der Waals surface area contributed by atoms with E-state index < -0.39 is 23.7 Å². The van der Waals surface area contributed by atoms with Crippen molar-refractivity contribution in [1.29, 1.82) is 0 Å². The second kappa shape index (κ2) is 9.13. The van der Waals surface area contributed by atoms with Gasteiger partial charge in [-0.2, -0.15) is 0 Å². The molecule has 2 heterocycles. The van der Waals surface area contributed by atoms with Crippen LogP contribution in [0.3, 0.4) is 0 Å². The average molecular weight is 546 g/mol. The van der Waals surface area contributed by atoms with Crippen molar-refractivity contribution in [3.63, 3.8) is 0 Å². The lowest BCUT2D eigenvalue weighted by molar-refractivity contribution is -0.123. The first-order chi connectivity index (χ1) is 19.8. The van der Waals surface area contributed by atoms with Crippen molar-refractivity contribution in [2.45, 2.75) is 26.2 Å². The smallest absolute Gasteiger partial charge is 0.238 e. The first-order valence-corrected chi connectivity index (χ1v) is 13.7. The van der Waals surface area contributed by atoms with E-state index in [4.69, 9.17) is 4.74 Å². The largest absolute Gasteiger partial charge is 0.508 e. The molecular formula is C34H27NO6. The summed E-state index contributed by atoms with van der Waals surface area (Å²) >= 11 is 0. The highest BCUT2D eigenvalue weighted by molar-refractivity contribution is 6.24. The molecule has 204 valence electrons. The number of carbonyl (C=O) groups excluding carboxylic acids is 4. The standard InChI is InChI=1S/C34H27NO6/c1-3-18-4-6-21(7-5-18)35-33(39)24-10-9-23-25(30(24)34(35)40)15-26-27(37)12-17(2)32(38)31(26)29(23)20-13-19-14-22(36)8-11-28(19)41-16-20/h3-9,11-12,14,16,24-25,29-30,36H,1,10,13,15H2,2H3/t24-,25+,29-,30-/m0/s1. The number of carbonyl (C=O) groups is 4. The third kappa shape index (κ3) is 3.72. The predicted octanol–water partition coefficient (Wildman–Crippen LogP) is 5.02. The van der Waals surface area contributed by atoms with Gasteiger partial charge >= 0.3 is 0 Å². The molecule has 2 aromatic carbocycles. The van der Waals surface area contributed by atoms with Crippen molar-refractivity contribution >= 4 is 35.1 Å². The minimum absolute atomic E-state index is 0.105. The molecule has 4 atom stereocenters. The number of anilines is 1. The summed E-state index contributed by atoms with van der Waals surface area (Å²) in [5.41, 5.74) is 5.03. The SMILES string of the molecule is C=Cc1ccc(N2C(=O)[C@H]3[C@H](CC=C4[C@H](C5=COc6ccc(O)cc6C5)C5=C(C[C@H]43)C(=O)C=C(C)C5=O)C2=O)cc1. The van der Waals surface area contributed by atoms with Crippen molar-refractivity contribution in [2.24, 2.45) is 23.7 Å². The van der Waals surface area contributed by atoms with Crippen LogP contribution in [0.15, 0.2) is 95.3 Å². The molecule has 2 aliphatic heterocycles. The van der Waals surface area contributed by atoms with Gasteiger partial charge in [0.2, 0.25) is 11.8 Å². The fourth-order valence-corrected chi connectivity index (χ4v) is 7.18. The van der Waals surface area contributed by atoms with E-state index in [0.29, 0.717) is 41.0 Å². The number of phenols is 1. The molecule has 41 heavy (non-hydrogen) atoms. The van der Waals surface area contributed by atoms with Crippen molar-refractivity contribution < 1.29 is 29.0 Å². The Kier molecular flexibility index (Phi) is 5.61. The predicted molar refractivity (Wildman–Crippen MR) is 152 cm³/mol. The van der Waals surface area contributed by atoms with Gasteiger partial charge in [-0.05, 0) is 73.2 Å². The van der Waals surface area contributed by atoms with Gasteiger partial charge in [-0.1, -0.05) is 36.4 Å². The maximum atomic E-state index is 14.0. The van der Waals surface area contributed by atoms with Crippen molar-refractivity contribution in [3.05, 3.63) is 106 Å². The molecule has 0 unspecified atom stereocenters. The van der Waals surface area contributed by atoms with Gasteiger partial charge in [0, 0.05) is 34.6 Å². The number of imide groups is 1. The Bertz CT molecular complexity index is 1720. The van der Waals surface area contributed by atoms with Crippen molar-refractivity contribution in [3.8, 4) is 11.5 Å². The number of ether oxygens (including phenoxy) is 1. The van der Waals surface area contributed by atoms with Crippen LogP contribution in [0, 0.1) is 23.7 Å². The van der Waals surface area contributed by atoms with Crippen LogP contribution in [0.1, 0.15) is 30.9 Å². The van der Waals surface area contributed by atoms with E-state index in [2.05, 4.69) is 6.58 Å². The molecule has 0 saturated carbocycles. The van der Waals surface area contributed by atoms with E-state index >= 15 is 0 Å². The minimum Gasteiger partial charge on any atom is -0.508 e. The number of fused-ring (bicyclic) bond motifs is 4. The molecule has 7 heteroatoms. The average Bonchev–Trinajstić information content (AvgIpc) is 3.24. The molecule has 0 spiro atoms. The van der Waals surface area contributed by atoms with E-state index in [9.17, 15) is 24.3 Å². The molecule has 2 amide bonds. The lowest BCUT2D eigenvalue weighted by Crippen LogP contribution is -2.41. The van der Waals surface area contributed by atoms with E-state index in [1.807, 2.05) is 18.2 Å². The zero-order valence-electron chi connectivity index (χ0n) is 22.4. The van der Waals surface area contributed by atoms with E-state index in [1.165, 1.54) is 11.0 Å². The van der Waals surface area contributed by atoms with Gasteiger partial charge in [0.15, 0.2) is 11.6 Å². The van der Waals surface area contributed by atoms with Crippen LogP contribution in [-0.2, 0) is 25.6 Å². The Labute approximate surface area is 236 Å². The number of nitrogens with zero attached hydrogens (tertiary/aromatic N) is 1. The third-order valence-electron chi connectivity index (χ3n) is 9.10. The van der Waals surface area contributed by atoms with Crippen LogP contribution in [-0.4, -0.2) is 28.5 Å². The molecule has 0 bridgehead atoms. The number of aromatic hydroxyl groups is 1. The number of rotatable bonds is 3. The number of benzene rings is 2. The number of hydrogen-bond donors (Lipinski definition) is 1. The quantitative estimate of drug-likeness (QED) is 0.330. The second-order valence-electron chi connectivity index (χ2n) is 11.3. The summed E-state index contributed by atoms with van der Waals surface area (Å²) in [6.07, 6.45) is 7.70. The molecule has 2 aromatic rings. The summed E-state index contributed by atoms with van der Waals surface area (Å²) in [4.78, 5) is 55.9. The number of ketones is 2. The van der Waals surface area contributed by atoms with Crippen LogP contribution in [0.2, 0.25) is 0 Å². The Morgan fingerprint density at radius 3 is 2.56 bits per heavy atom. The highest BCUT2D eigenvalue weighted by Crippen LogP contribution is 2.55. The normalized spacial score (nSPS) is 26.8. The summed E-state index contributed by atoms with van der Waals surface area (Å²) in [6, 6.07) is 12.0. The van der Waals surface area contributed by atoms with Gasteiger partial charge in [-0.15, -0.1) is 0 Å². The molecule has 7 nitrogen and oxygen atoms in total. The van der Waals surface area contributed by atoms with Gasteiger partial charge in [0.1, 0.15) is 11.5 Å². The Morgan fingerprint density at radius 2 is 1.80 bits per heavy atom. The number of phenolic OH excluding ortho intramolecular Hbond substituents is 1. The monoisotopic (exact) mass is 545 g/mol. The topological polar surface area (TPSA) is 101 Å². The molecule has 0 aromatic heterocycles. The summed E-state index contributed by atoms with van der Waals surface area (Å²) in [5.74, 6) is -2.39. The lowest BCUT2D eigenvalue weighted by atomic mass is 9.58. The molecule has 1 fully saturated rings. The molecule has 3 aliphatic carbocycles. The first kappa shape index (κ1) is 25.2. The highest BCUT2D eigenvalue weighted by atomic mass is 16.5. The zero-order valence-corrected chi connectivity index (χ0v) is 22.4. The van der Waals surface area contributed by atoms with Gasteiger partial charge in [0.25, 0.3) is 0 Å². The van der Waals surface area contributed by atoms with E-state index in [-0.39, 0.29) is 35.6 Å². The number of hydrogen-bond acceptors (Lipinski definition) is 6. The molecule has 1 saturated heterocycles. The Hall–Kier alpha value is -4.78. The number of allylic oxidation sites excluding steroid dienone is 7. The summed E-state index contributed by atoms with van der Waals surface area (Å²) in [7, 11) is 0. The molecule has 5 aliphatic rings. The van der Waals surface area contributed by atoms with E-state index in [0.717, 1.165) is 22.3 Å². The third-order valence-corrected chi connectivity index (χ3v) is 9.10. The molecule has 0 radical (unpaired) electrons. The van der Waals surface area contributed by atoms with Crippen molar-refractivity contribution in [2.75, 3.05) is 4.90 Å². The van der Waals surface area contributed by atoms with E-state index in [1.54, 1.807) is 49.6 Å². The fourth-order valence-electron chi connectivity index (χ4n) is 7.18. The van der Waals surface area contributed by atoms with Crippen LogP contribution < -0.4 is 9.64 Å². The number of amides is 2. The van der Waals surface area contributed by atoms with Crippen LogP contribution >= 0.6 is 0 Å². The highest BCUT2D eigenvalue weighted by Gasteiger charge is 2.57.